The van der Waals surface area contributed by atoms with Gasteiger partial charge in [0.15, 0.2) is 0 Å². The first-order chi connectivity index (χ1) is 8.96. The highest BCUT2D eigenvalue weighted by molar-refractivity contribution is 5.67. The van der Waals surface area contributed by atoms with E-state index in [1.807, 2.05) is 20.8 Å². The van der Waals surface area contributed by atoms with Gasteiger partial charge in [0, 0.05) is 12.5 Å². The maximum Gasteiger partial charge on any atom is 0.407 e. The number of epoxide rings is 1. The summed E-state index contributed by atoms with van der Waals surface area (Å²) >= 11 is 0. The highest BCUT2D eigenvalue weighted by Crippen LogP contribution is 2.36. The largest absolute Gasteiger partial charge is 0.444 e. The number of carbonyl (C=O) groups excluding carboxylic acids is 1. The van der Waals surface area contributed by atoms with Gasteiger partial charge in [-0.3, -0.25) is 0 Å². The van der Waals surface area contributed by atoms with Crippen molar-refractivity contribution in [1.82, 2.24) is 5.32 Å². The van der Waals surface area contributed by atoms with Gasteiger partial charge in [-0.15, -0.1) is 0 Å². The van der Waals surface area contributed by atoms with E-state index in [-0.39, 0.29) is 6.09 Å². The summed E-state index contributed by atoms with van der Waals surface area (Å²) in [7, 11) is 0. The monoisotopic (exact) mass is 269 g/mol. The first kappa shape index (κ1) is 14.6. The van der Waals surface area contributed by atoms with Crippen LogP contribution in [0.5, 0.6) is 0 Å². The molecule has 0 aromatic carbocycles. The Balaban J connectivity index is 1.78. The van der Waals surface area contributed by atoms with Crippen LogP contribution in [0.15, 0.2) is 0 Å². The van der Waals surface area contributed by atoms with Crippen LogP contribution in [-0.4, -0.2) is 30.9 Å². The van der Waals surface area contributed by atoms with Crippen molar-refractivity contribution in [2.24, 2.45) is 11.8 Å². The molecule has 4 nitrogen and oxygen atoms in total. The minimum Gasteiger partial charge on any atom is -0.444 e. The predicted molar refractivity (Wildman–Crippen MR) is 74.0 cm³/mol. The maximum atomic E-state index is 11.7. The van der Waals surface area contributed by atoms with E-state index < -0.39 is 5.60 Å². The Bertz CT molecular complexity index is 301. The summed E-state index contributed by atoms with van der Waals surface area (Å²) in [4.78, 5) is 11.7. The minimum atomic E-state index is -0.430. The van der Waals surface area contributed by atoms with Crippen molar-refractivity contribution in [3.63, 3.8) is 0 Å². The van der Waals surface area contributed by atoms with E-state index in [1.54, 1.807) is 0 Å². The second-order valence-corrected chi connectivity index (χ2v) is 6.82. The fourth-order valence-electron chi connectivity index (χ4n) is 2.98. The molecule has 1 aliphatic heterocycles. The first-order valence-corrected chi connectivity index (χ1v) is 7.54. The summed E-state index contributed by atoms with van der Waals surface area (Å²) < 4.78 is 10.7. The summed E-state index contributed by atoms with van der Waals surface area (Å²) in [6.07, 6.45) is 6.60. The summed E-state index contributed by atoms with van der Waals surface area (Å²) in [5.74, 6) is 1.17. The zero-order chi connectivity index (χ0) is 13.9. The Hall–Kier alpha value is -0.770. The molecule has 19 heavy (non-hydrogen) atoms. The normalized spacial score (nSPS) is 25.7. The molecule has 2 aliphatic rings. The Morgan fingerprint density at radius 3 is 2.47 bits per heavy atom. The van der Waals surface area contributed by atoms with Crippen molar-refractivity contribution in [2.75, 3.05) is 13.2 Å². The lowest BCUT2D eigenvalue weighted by molar-refractivity contribution is 0.0504. The standard InChI is InChI=1S/C15H27NO3/c1-15(2,3)19-14(17)16-9-12(13-10-18-13)11-7-5-4-6-8-11/h11-13H,4-10H2,1-3H3,(H,16,17). The molecule has 1 amide bonds. The number of hydrogen-bond donors (Lipinski definition) is 1. The molecule has 0 aromatic heterocycles. The van der Waals surface area contributed by atoms with Gasteiger partial charge in [-0.2, -0.15) is 0 Å². The maximum absolute atomic E-state index is 11.7. The van der Waals surface area contributed by atoms with E-state index in [1.165, 1.54) is 32.1 Å². The zero-order valence-corrected chi connectivity index (χ0v) is 12.4. The highest BCUT2D eigenvalue weighted by atomic mass is 16.6. The molecule has 2 atom stereocenters. The molecule has 0 spiro atoms. The second kappa shape index (κ2) is 6.12. The molecule has 0 radical (unpaired) electrons. The Kier molecular flexibility index (Phi) is 4.71. The number of ether oxygens (including phenoxy) is 2. The van der Waals surface area contributed by atoms with Gasteiger partial charge >= 0.3 is 6.09 Å². The lowest BCUT2D eigenvalue weighted by Crippen LogP contribution is -2.39. The van der Waals surface area contributed by atoms with Gasteiger partial charge in [-0.05, 0) is 26.7 Å². The molecular formula is C15H27NO3. The highest BCUT2D eigenvalue weighted by Gasteiger charge is 2.38. The van der Waals surface area contributed by atoms with E-state index in [4.69, 9.17) is 9.47 Å². The third-order valence-corrected chi connectivity index (χ3v) is 3.97. The molecule has 1 saturated carbocycles. The Labute approximate surface area is 116 Å². The van der Waals surface area contributed by atoms with E-state index in [9.17, 15) is 4.79 Å². The van der Waals surface area contributed by atoms with Crippen LogP contribution < -0.4 is 5.32 Å². The van der Waals surface area contributed by atoms with Crippen LogP contribution in [0, 0.1) is 11.8 Å². The topological polar surface area (TPSA) is 50.9 Å². The number of alkyl carbamates (subject to hydrolysis) is 1. The van der Waals surface area contributed by atoms with Gasteiger partial charge < -0.3 is 14.8 Å². The second-order valence-electron chi connectivity index (χ2n) is 6.82. The number of amides is 1. The van der Waals surface area contributed by atoms with E-state index in [2.05, 4.69) is 5.32 Å². The van der Waals surface area contributed by atoms with Crippen molar-refractivity contribution in [3.8, 4) is 0 Å². The fourth-order valence-corrected chi connectivity index (χ4v) is 2.98. The minimum absolute atomic E-state index is 0.311. The van der Waals surface area contributed by atoms with E-state index >= 15 is 0 Å². The molecule has 110 valence electrons. The van der Waals surface area contributed by atoms with Crippen molar-refractivity contribution >= 4 is 6.09 Å². The van der Waals surface area contributed by atoms with Crippen molar-refractivity contribution < 1.29 is 14.3 Å². The smallest absolute Gasteiger partial charge is 0.407 e. The molecule has 2 fully saturated rings. The predicted octanol–water partition coefficient (Wildman–Crippen LogP) is 3.11. The Morgan fingerprint density at radius 2 is 1.95 bits per heavy atom. The van der Waals surface area contributed by atoms with Crippen molar-refractivity contribution in [2.45, 2.75) is 64.6 Å². The lowest BCUT2D eigenvalue weighted by Gasteiger charge is -2.29. The molecule has 4 heteroatoms. The lowest BCUT2D eigenvalue weighted by atomic mass is 9.78. The number of nitrogens with one attached hydrogen (secondary N) is 1. The van der Waals surface area contributed by atoms with E-state index in [0.717, 1.165) is 6.61 Å². The summed E-state index contributed by atoms with van der Waals surface area (Å²) in [5.41, 5.74) is -0.430. The third kappa shape index (κ3) is 5.01. The van der Waals surface area contributed by atoms with Crippen LogP contribution in [0.4, 0.5) is 4.79 Å². The molecule has 2 unspecified atom stereocenters. The Morgan fingerprint density at radius 1 is 1.32 bits per heavy atom. The van der Waals surface area contributed by atoms with Crippen molar-refractivity contribution in [1.29, 1.82) is 0 Å². The van der Waals surface area contributed by atoms with Gasteiger partial charge in [0.05, 0.1) is 12.7 Å². The molecule has 1 saturated heterocycles. The average Bonchev–Trinajstić information content (AvgIpc) is 3.13. The third-order valence-electron chi connectivity index (χ3n) is 3.97. The molecule has 1 N–H and O–H groups in total. The zero-order valence-electron chi connectivity index (χ0n) is 12.4. The number of carbonyl (C=O) groups is 1. The van der Waals surface area contributed by atoms with Crippen LogP contribution >= 0.6 is 0 Å². The van der Waals surface area contributed by atoms with Crippen LogP contribution in [0.25, 0.3) is 0 Å². The number of hydrogen-bond acceptors (Lipinski definition) is 3. The fraction of sp³-hybridized carbons (Fsp3) is 0.933. The molecule has 0 bridgehead atoms. The molecule has 0 aromatic rings. The average molecular weight is 269 g/mol. The van der Waals surface area contributed by atoms with Gasteiger partial charge in [0.2, 0.25) is 0 Å². The van der Waals surface area contributed by atoms with Crippen LogP contribution in [-0.2, 0) is 9.47 Å². The molecular weight excluding hydrogens is 242 g/mol. The SMILES string of the molecule is CC(C)(C)OC(=O)NCC(C1CCCCC1)C1CO1. The van der Waals surface area contributed by atoms with Gasteiger partial charge in [0.1, 0.15) is 5.60 Å². The molecule has 2 rings (SSSR count). The van der Waals surface area contributed by atoms with Gasteiger partial charge in [-0.1, -0.05) is 32.1 Å². The van der Waals surface area contributed by atoms with Crippen molar-refractivity contribution in [3.05, 3.63) is 0 Å². The van der Waals surface area contributed by atoms with Crippen LogP contribution in [0.1, 0.15) is 52.9 Å². The van der Waals surface area contributed by atoms with Gasteiger partial charge in [-0.25, -0.2) is 4.79 Å². The molecule has 1 aliphatic carbocycles. The quantitative estimate of drug-likeness (QED) is 0.798. The molecule has 1 heterocycles. The van der Waals surface area contributed by atoms with Crippen LogP contribution in [0.3, 0.4) is 0 Å². The summed E-state index contributed by atoms with van der Waals surface area (Å²) in [6, 6.07) is 0. The van der Waals surface area contributed by atoms with Crippen LogP contribution in [0.2, 0.25) is 0 Å². The summed E-state index contributed by atoms with van der Waals surface area (Å²) in [6.45, 7) is 7.20. The summed E-state index contributed by atoms with van der Waals surface area (Å²) in [5, 5.41) is 2.92. The first-order valence-electron chi connectivity index (χ1n) is 7.54. The van der Waals surface area contributed by atoms with E-state index in [0.29, 0.717) is 24.5 Å². The number of rotatable bonds is 4. The van der Waals surface area contributed by atoms with Gasteiger partial charge in [0.25, 0.3) is 0 Å².